The Morgan fingerprint density at radius 1 is 0.285 bits per heavy atom. The molecule has 0 spiro atoms. The Labute approximate surface area is 726 Å². The van der Waals surface area contributed by atoms with Gasteiger partial charge >= 0.3 is 0 Å². The predicted octanol–water partition coefficient (Wildman–Crippen LogP) is 19.3. The Kier molecular flexibility index (Phi) is 29.1. The normalized spacial score (nSPS) is 13.3. The molecule has 1 aliphatic carbocycles. The number of hydrogen-bond donors (Lipinski definition) is 3. The van der Waals surface area contributed by atoms with Gasteiger partial charge in [0.1, 0.15) is 34.5 Å². The summed E-state index contributed by atoms with van der Waals surface area (Å²) in [5.41, 5.74) is 11.2. The molecule has 0 saturated carbocycles. The molecule has 10 rings (SSSR count). The lowest BCUT2D eigenvalue weighted by molar-refractivity contribution is -0.388. The van der Waals surface area contributed by atoms with Crippen LogP contribution in [0.2, 0.25) is 0 Å². The molecule has 9 aromatic rings. The second kappa shape index (κ2) is 37.6. The highest BCUT2D eigenvalue weighted by atomic mass is 32.2. The minimum absolute atomic E-state index is 0.0105. The number of nitro benzene ring substituents is 3. The molecule has 9 aromatic carbocycles. The Hall–Kier alpha value is -10.3. The van der Waals surface area contributed by atoms with Gasteiger partial charge in [-0.15, -0.1) is 0 Å². The van der Waals surface area contributed by atoms with Crippen molar-refractivity contribution in [2.24, 2.45) is 0 Å². The van der Waals surface area contributed by atoms with Gasteiger partial charge in [0.05, 0.1) is 55.9 Å². The van der Waals surface area contributed by atoms with Crippen molar-refractivity contribution in [1.29, 1.82) is 0 Å². The first-order valence-corrected chi connectivity index (χ1v) is 46.0. The monoisotopic (exact) mass is 1740 g/mol. The van der Waals surface area contributed by atoms with Crippen molar-refractivity contribution >= 4 is 47.1 Å². The van der Waals surface area contributed by atoms with Gasteiger partial charge in [-0.25, -0.2) is 39.4 Å². The fourth-order valence-electron chi connectivity index (χ4n) is 15.4. The first kappa shape index (κ1) is 94.9. The second-order valence-electron chi connectivity index (χ2n) is 37.9. The molecule has 0 aromatic heterocycles. The summed E-state index contributed by atoms with van der Waals surface area (Å²) < 4.78 is 133. The minimum Gasteiger partial charge on any atom is -0.496 e. The van der Waals surface area contributed by atoms with Crippen molar-refractivity contribution in [2.45, 2.75) is 230 Å². The van der Waals surface area contributed by atoms with E-state index in [0.717, 1.165) is 118 Å². The van der Waals surface area contributed by atoms with Crippen LogP contribution in [0, 0.1) is 30.3 Å². The third-order valence-corrected chi connectivity index (χ3v) is 26.7. The van der Waals surface area contributed by atoms with Gasteiger partial charge in [0.15, 0.2) is 14.7 Å². The molecule has 0 atom stereocenters. The maximum atomic E-state index is 13.9. The molecular weight excluding hydrogens is 1620 g/mol. The van der Waals surface area contributed by atoms with Gasteiger partial charge in [-0.1, -0.05) is 234 Å². The smallest absolute Gasteiger partial charge is 0.289 e. The lowest BCUT2D eigenvalue weighted by Crippen LogP contribution is -2.26. The van der Waals surface area contributed by atoms with Gasteiger partial charge in [-0.2, -0.15) is 0 Å². The van der Waals surface area contributed by atoms with Gasteiger partial charge in [0, 0.05) is 76.4 Å². The molecule has 0 amide bonds. The predicted molar refractivity (Wildman–Crippen MR) is 483 cm³/mol. The number of hydrogen-bond acceptors (Lipinski definition) is 18. The van der Waals surface area contributed by atoms with E-state index < -0.39 is 109 Å². The van der Waals surface area contributed by atoms with Crippen LogP contribution in [0.25, 0.3) is 0 Å². The van der Waals surface area contributed by atoms with Gasteiger partial charge in [-0.3, -0.25) is 30.3 Å². The largest absolute Gasteiger partial charge is 0.496 e. The molecular formula is C96H120N6O18S3. The molecule has 0 saturated heterocycles. The highest BCUT2D eigenvalue weighted by Crippen LogP contribution is 2.47. The third-order valence-electron chi connectivity index (χ3n) is 22.2. The van der Waals surface area contributed by atoms with Gasteiger partial charge < -0.3 is 28.4 Å². The van der Waals surface area contributed by atoms with Crippen LogP contribution < -0.4 is 42.6 Å². The van der Waals surface area contributed by atoms with Gasteiger partial charge in [0.2, 0.25) is 30.1 Å². The molecule has 24 nitrogen and oxygen atoms in total. The lowest BCUT2D eigenvalue weighted by atomic mass is 9.79. The number of nitrogens with zero attached hydrogens (tertiary/aromatic N) is 3. The molecule has 0 fully saturated rings. The first-order chi connectivity index (χ1) is 57.3. The molecule has 27 heteroatoms. The molecule has 0 aliphatic heterocycles. The molecule has 1 aliphatic rings. The van der Waals surface area contributed by atoms with E-state index in [4.69, 9.17) is 28.4 Å². The average molecular weight is 1740 g/mol. The van der Waals surface area contributed by atoms with E-state index in [2.05, 4.69) is 212 Å². The van der Waals surface area contributed by atoms with E-state index in [0.29, 0.717) is 34.5 Å². The number of para-hydroxylation sites is 3. The Bertz CT molecular complexity index is 5120. The fraction of sp³-hybridized carbons (Fsp3) is 0.438. The number of nitrogens with one attached hydrogen (secondary N) is 3. The summed E-state index contributed by atoms with van der Waals surface area (Å²) in [5, 5.41) is 36.4. The Morgan fingerprint density at radius 3 is 0.602 bits per heavy atom. The van der Waals surface area contributed by atoms with Crippen molar-refractivity contribution in [3.05, 3.63) is 276 Å². The van der Waals surface area contributed by atoms with E-state index >= 15 is 0 Å². The molecule has 3 N–H and O–H groups in total. The number of benzene rings is 9. The van der Waals surface area contributed by atoms with Crippen molar-refractivity contribution in [3.8, 4) is 34.5 Å². The topological polar surface area (TPSA) is 323 Å². The molecule has 123 heavy (non-hydrogen) atoms. The molecule has 0 heterocycles. The standard InChI is InChI=1S/C96H120N6O18S3/c1-91(2,3)73-49-61-43-67-55-76(94(10,11)12)57-69(88(67)118-40-28-37-97-121(109,110)82-34-25-22-31-79(82)100(103)104)45-63-51-74(92(4,5)6)53-65(86(63)116-20)47-71-59-78(96(16,17)18)60-72(90(71)120-42-30-39-99-123(113,114)84-36-27-24-33-81(84)102(107)108)48-66-54-75(93(7,8)9)52-64(87(66)117-21)46-70-58-77(95(13,14)15)56-68(44-62(50-73)85(61)115-19)89(70)119-41-29-38-98-122(111,112)83-35-26-23-32-80(83)101(105)106/h22-27,31-36,49-60,97-99H,28-30,37-48H2,1-21H3. The molecule has 660 valence electrons. The average Bonchev–Trinajstić information content (AvgIpc) is 0.761. The van der Waals surface area contributed by atoms with Crippen molar-refractivity contribution < 1.29 is 68.4 Å². The van der Waals surface area contributed by atoms with E-state index in [1.165, 1.54) is 54.6 Å². The highest BCUT2D eigenvalue weighted by Gasteiger charge is 2.34. The van der Waals surface area contributed by atoms with Gasteiger partial charge in [-0.05, 0) is 170 Å². The van der Waals surface area contributed by atoms with E-state index in [-0.39, 0.29) is 97.2 Å². The van der Waals surface area contributed by atoms with Crippen LogP contribution in [0.4, 0.5) is 17.1 Å². The SMILES string of the molecule is COc1c2cc(C(C)(C)C)cc1Cc1cc(C(C)(C)C)cc(c1OCCCNS(=O)(=O)c1ccccc1[N+](=O)[O-])Cc1cc(C(C)(C)C)cc(c1OC)Cc1cc(C(C)(C)C)cc(c1OCCCNS(=O)(=O)c1ccccc1[N+](=O)[O-])Cc1cc(C(C)(C)C)cc(c1OC)Cc1cc(C(C)(C)C)cc(c1OCCCNS(=O)(=O)c1ccccc1[N+](=O)[O-])C2. The summed E-state index contributed by atoms with van der Waals surface area (Å²) >= 11 is 0. The number of fused-ring (bicyclic) bond motifs is 12. The summed E-state index contributed by atoms with van der Waals surface area (Å²) in [6.45, 7) is 38.4. The Morgan fingerprint density at radius 2 is 0.447 bits per heavy atom. The number of sulfonamides is 3. The minimum atomic E-state index is -4.38. The van der Waals surface area contributed by atoms with Crippen LogP contribution >= 0.6 is 0 Å². The maximum absolute atomic E-state index is 13.9. The summed E-state index contributed by atoms with van der Waals surface area (Å²) in [6.07, 6.45) is 1.92. The molecule has 0 unspecified atom stereocenters. The van der Waals surface area contributed by atoms with Crippen LogP contribution in [0.5, 0.6) is 34.5 Å². The first-order valence-electron chi connectivity index (χ1n) is 41.5. The zero-order valence-corrected chi connectivity index (χ0v) is 77.3. The van der Waals surface area contributed by atoms with Crippen LogP contribution in [0.15, 0.2) is 160 Å². The summed E-state index contributed by atoms with van der Waals surface area (Å²) in [4.78, 5) is 32.9. The van der Waals surface area contributed by atoms with Crippen molar-refractivity contribution in [3.63, 3.8) is 0 Å². The quantitative estimate of drug-likeness (QED) is 0.0245. The fourth-order valence-corrected chi connectivity index (χ4v) is 19.1. The lowest BCUT2D eigenvalue weighted by Gasteiger charge is -2.29. The van der Waals surface area contributed by atoms with Crippen LogP contribution in [0.3, 0.4) is 0 Å². The van der Waals surface area contributed by atoms with Crippen molar-refractivity contribution in [1.82, 2.24) is 14.2 Å². The second-order valence-corrected chi connectivity index (χ2v) is 43.1. The molecule has 0 radical (unpaired) electrons. The number of ether oxygens (including phenoxy) is 6. The molecule has 12 bridgehead atoms. The van der Waals surface area contributed by atoms with Crippen LogP contribution in [-0.4, -0.2) is 101 Å². The Balaban J connectivity index is 1.26. The van der Waals surface area contributed by atoms with E-state index in [1.54, 1.807) is 21.3 Å². The number of methoxy groups -OCH3 is 3. The highest BCUT2D eigenvalue weighted by molar-refractivity contribution is 7.90. The number of rotatable bonds is 27. The number of nitro groups is 3. The van der Waals surface area contributed by atoms with E-state index in [9.17, 15) is 55.6 Å². The van der Waals surface area contributed by atoms with E-state index in [1.807, 2.05) is 0 Å². The van der Waals surface area contributed by atoms with Crippen molar-refractivity contribution in [2.75, 3.05) is 60.8 Å². The summed E-state index contributed by atoms with van der Waals surface area (Å²) in [7, 11) is -8.14. The summed E-state index contributed by atoms with van der Waals surface area (Å²) in [6, 6.07) is 41.7. The van der Waals surface area contributed by atoms with Crippen LogP contribution in [-0.2, 0) is 101 Å². The zero-order valence-electron chi connectivity index (χ0n) is 74.9. The third kappa shape index (κ3) is 23.0. The van der Waals surface area contributed by atoms with Crippen LogP contribution in [0.1, 0.15) is 244 Å². The summed E-state index contributed by atoms with van der Waals surface area (Å²) in [5.74, 6) is 3.41. The van der Waals surface area contributed by atoms with Gasteiger partial charge in [0.25, 0.3) is 17.1 Å². The zero-order chi connectivity index (χ0) is 90.5. The maximum Gasteiger partial charge on any atom is 0.289 e.